The highest BCUT2D eigenvalue weighted by Gasteiger charge is 2.54. The molecule has 0 radical (unpaired) electrons. The molecule has 2 aliphatic rings. The number of aromatic nitrogens is 2. The second kappa shape index (κ2) is 9.72. The van der Waals surface area contributed by atoms with Gasteiger partial charge < -0.3 is 26.5 Å². The number of primary amides is 2. The molecule has 0 spiro atoms. The maximum Gasteiger partial charge on any atom is 0.418 e. The number of hydrogen-bond donors (Lipinski definition) is 4. The van der Waals surface area contributed by atoms with Gasteiger partial charge in [-0.3, -0.25) is 14.1 Å². The van der Waals surface area contributed by atoms with Gasteiger partial charge in [-0.15, -0.1) is 4.28 Å². The Balaban J connectivity index is 1.95. The average molecular weight is 517 g/mol. The van der Waals surface area contributed by atoms with Crippen LogP contribution in [-0.4, -0.2) is 87.6 Å². The standard InChI is InChI=1S/C16H23N9O9S/c1-22(15(18)28)13(21-33-10(26)4-3-5-19-14(17)27)12-11-8(6-20-23(11)2)9-7-24(12)16(29)25(9)34-35(30,31)32/h6,9,12H,3-5,7H2,1-2H3,(H2,18,28)(H3,17,19,27)(H,30,31,32)/b21-13-/t9-,12-/m0/s1. The van der Waals surface area contributed by atoms with Gasteiger partial charge in [0.15, 0.2) is 5.84 Å². The Kier molecular flexibility index (Phi) is 7.12. The molecule has 6 N–H and O–H groups in total. The predicted octanol–water partition coefficient (Wildman–Crippen LogP) is -1.70. The van der Waals surface area contributed by atoms with Crippen molar-refractivity contribution in [3.8, 4) is 0 Å². The third-order valence-electron chi connectivity index (χ3n) is 5.22. The van der Waals surface area contributed by atoms with E-state index >= 15 is 0 Å². The number of nitrogens with zero attached hydrogens (tertiary/aromatic N) is 6. The Bertz CT molecular complexity index is 1180. The second-order valence-corrected chi connectivity index (χ2v) is 8.50. The molecule has 2 bridgehead atoms. The lowest BCUT2D eigenvalue weighted by Crippen LogP contribution is -2.48. The van der Waals surface area contributed by atoms with E-state index in [1.807, 2.05) is 0 Å². The van der Waals surface area contributed by atoms with Crippen molar-refractivity contribution in [2.45, 2.75) is 24.9 Å². The highest BCUT2D eigenvalue weighted by atomic mass is 32.3. The highest BCUT2D eigenvalue weighted by molar-refractivity contribution is 7.80. The van der Waals surface area contributed by atoms with E-state index in [1.54, 1.807) is 0 Å². The van der Waals surface area contributed by atoms with Crippen LogP contribution in [0.4, 0.5) is 14.4 Å². The van der Waals surface area contributed by atoms with Gasteiger partial charge in [0.25, 0.3) is 0 Å². The number of likely N-dealkylation sites (N-methyl/N-ethyl adjacent to an activating group) is 1. The molecule has 1 aromatic heterocycles. The van der Waals surface area contributed by atoms with E-state index in [1.165, 1.54) is 25.0 Å². The fourth-order valence-corrected chi connectivity index (χ4v) is 4.05. The Labute approximate surface area is 198 Å². The smallest absolute Gasteiger partial charge is 0.352 e. The monoisotopic (exact) mass is 517 g/mol. The van der Waals surface area contributed by atoms with Crippen LogP contribution in [0.25, 0.3) is 0 Å². The molecule has 1 fully saturated rings. The normalized spacial score (nSPS) is 19.4. The minimum absolute atomic E-state index is 0.108. The van der Waals surface area contributed by atoms with Gasteiger partial charge in [0.1, 0.15) is 12.1 Å². The summed E-state index contributed by atoms with van der Waals surface area (Å²) in [6.45, 7) is -0.0352. The topological polar surface area (TPSA) is 245 Å². The predicted molar refractivity (Wildman–Crippen MR) is 113 cm³/mol. The van der Waals surface area contributed by atoms with Crippen LogP contribution in [0.3, 0.4) is 0 Å². The Morgan fingerprint density at radius 3 is 2.66 bits per heavy atom. The maximum atomic E-state index is 13.0. The molecule has 3 heterocycles. The van der Waals surface area contributed by atoms with Gasteiger partial charge in [-0.05, 0) is 6.42 Å². The summed E-state index contributed by atoms with van der Waals surface area (Å²) >= 11 is 0. The Morgan fingerprint density at radius 2 is 2.06 bits per heavy atom. The molecule has 18 nitrogen and oxygen atoms in total. The second-order valence-electron chi connectivity index (χ2n) is 7.49. The Hall–Kier alpha value is -3.97. The van der Waals surface area contributed by atoms with Gasteiger partial charge in [0.2, 0.25) is 0 Å². The van der Waals surface area contributed by atoms with Gasteiger partial charge in [-0.1, -0.05) is 5.16 Å². The van der Waals surface area contributed by atoms with E-state index in [9.17, 15) is 27.6 Å². The molecular weight excluding hydrogens is 494 g/mol. The fourth-order valence-electron chi connectivity index (χ4n) is 3.68. The van der Waals surface area contributed by atoms with Crippen LogP contribution in [0, 0.1) is 0 Å². The molecular formula is C16H23N9O9S. The van der Waals surface area contributed by atoms with Crippen LogP contribution in [0.15, 0.2) is 11.4 Å². The van der Waals surface area contributed by atoms with Crippen LogP contribution >= 0.6 is 0 Å². The van der Waals surface area contributed by atoms with E-state index in [0.29, 0.717) is 16.3 Å². The number of carbonyl (C=O) groups is 4. The summed E-state index contributed by atoms with van der Waals surface area (Å²) in [7, 11) is -2.30. The van der Waals surface area contributed by atoms with Crippen molar-refractivity contribution in [1.82, 2.24) is 30.0 Å². The molecule has 0 aromatic carbocycles. The van der Waals surface area contributed by atoms with Crippen molar-refractivity contribution in [2.24, 2.45) is 23.7 Å². The molecule has 6 amide bonds. The lowest BCUT2D eigenvalue weighted by molar-refractivity contribution is -0.143. The van der Waals surface area contributed by atoms with Crippen molar-refractivity contribution in [2.75, 3.05) is 20.1 Å². The van der Waals surface area contributed by atoms with Crippen LogP contribution in [0.2, 0.25) is 0 Å². The number of nitrogens with one attached hydrogen (secondary N) is 1. The number of aryl methyl sites for hydroxylation is 1. The molecule has 2 aliphatic heterocycles. The summed E-state index contributed by atoms with van der Waals surface area (Å²) in [5, 5.41) is 10.6. The molecule has 0 aliphatic carbocycles. The maximum absolute atomic E-state index is 13.0. The number of nitrogens with two attached hydrogens (primary N) is 2. The number of amides is 6. The zero-order valence-electron chi connectivity index (χ0n) is 18.5. The molecule has 192 valence electrons. The first-order chi connectivity index (χ1) is 16.3. The van der Waals surface area contributed by atoms with Crippen LogP contribution in [0.5, 0.6) is 0 Å². The summed E-state index contributed by atoms with van der Waals surface area (Å²) in [6.07, 6.45) is 1.37. The van der Waals surface area contributed by atoms with E-state index in [4.69, 9.17) is 20.9 Å². The lowest BCUT2D eigenvalue weighted by Gasteiger charge is -2.33. The first kappa shape index (κ1) is 25.6. The molecule has 1 aromatic rings. The van der Waals surface area contributed by atoms with Gasteiger partial charge in [0.05, 0.1) is 18.4 Å². The third-order valence-corrected chi connectivity index (χ3v) is 5.57. The molecule has 0 saturated carbocycles. The zero-order chi connectivity index (χ0) is 26.1. The van der Waals surface area contributed by atoms with Crippen molar-refractivity contribution in [3.05, 3.63) is 17.5 Å². The number of urea groups is 3. The van der Waals surface area contributed by atoms with Crippen molar-refractivity contribution < 1.29 is 41.3 Å². The number of hydrogen-bond acceptors (Lipinski definition) is 10. The summed E-state index contributed by atoms with van der Waals surface area (Å²) in [6, 6.07) is -4.92. The van der Waals surface area contributed by atoms with Crippen LogP contribution < -0.4 is 16.8 Å². The van der Waals surface area contributed by atoms with E-state index in [2.05, 4.69) is 19.9 Å². The molecule has 1 saturated heterocycles. The molecule has 3 rings (SSSR count). The first-order valence-corrected chi connectivity index (χ1v) is 11.3. The largest absolute Gasteiger partial charge is 0.418 e. The summed E-state index contributed by atoms with van der Waals surface area (Å²) in [5.74, 6) is -1.11. The van der Waals surface area contributed by atoms with Gasteiger partial charge >= 0.3 is 34.5 Å². The number of rotatable bonds is 8. The fraction of sp³-hybridized carbons (Fsp3) is 0.500. The molecule has 19 heteroatoms. The average Bonchev–Trinajstić information content (AvgIpc) is 3.26. The van der Waals surface area contributed by atoms with E-state index in [-0.39, 0.29) is 31.8 Å². The summed E-state index contributed by atoms with van der Waals surface area (Å²) < 4.78 is 37.5. The first-order valence-electron chi connectivity index (χ1n) is 9.94. The number of carbonyl (C=O) groups excluding carboxylic acids is 4. The van der Waals surface area contributed by atoms with E-state index in [0.717, 1.165) is 9.80 Å². The molecule has 2 atom stereocenters. The van der Waals surface area contributed by atoms with Gasteiger partial charge in [-0.25, -0.2) is 19.2 Å². The highest BCUT2D eigenvalue weighted by Crippen LogP contribution is 2.44. The number of oxime groups is 1. The minimum atomic E-state index is -5.05. The Morgan fingerprint density at radius 1 is 1.37 bits per heavy atom. The van der Waals surface area contributed by atoms with Gasteiger partial charge in [0, 0.05) is 32.6 Å². The summed E-state index contributed by atoms with van der Waals surface area (Å²) in [4.78, 5) is 54.6. The van der Waals surface area contributed by atoms with Crippen molar-refractivity contribution in [3.63, 3.8) is 0 Å². The SMILES string of the molecule is CN(C(N)=O)/C(=N\OC(=O)CCCNC(N)=O)[C@@H]1c2c(cnn2C)[C@@H]2CN1C(=O)N2OS(=O)(=O)O. The molecule has 0 unspecified atom stereocenters. The molecule has 35 heavy (non-hydrogen) atoms. The van der Waals surface area contributed by atoms with Gasteiger partial charge in [-0.2, -0.15) is 18.6 Å². The number of amidine groups is 1. The number of fused-ring (bicyclic) bond motifs is 4. The van der Waals surface area contributed by atoms with Crippen molar-refractivity contribution >= 4 is 40.3 Å². The van der Waals surface area contributed by atoms with Crippen LogP contribution in [0.1, 0.15) is 36.2 Å². The number of hydroxylamine groups is 2. The lowest BCUT2D eigenvalue weighted by atomic mass is 9.97. The zero-order valence-corrected chi connectivity index (χ0v) is 19.3. The van der Waals surface area contributed by atoms with E-state index < -0.39 is 46.5 Å². The minimum Gasteiger partial charge on any atom is -0.352 e. The van der Waals surface area contributed by atoms with Crippen LogP contribution in [-0.2, 0) is 31.4 Å². The van der Waals surface area contributed by atoms with Crippen molar-refractivity contribution in [1.29, 1.82) is 0 Å². The third kappa shape index (κ3) is 5.41. The quantitative estimate of drug-likeness (QED) is 0.0760. The summed E-state index contributed by atoms with van der Waals surface area (Å²) in [5.41, 5.74) is 11.0.